The Morgan fingerprint density at radius 1 is 1.46 bits per heavy atom. The molecular weight excluding hydrogens is 393 g/mol. The van der Waals surface area contributed by atoms with Gasteiger partial charge in [0.2, 0.25) is 0 Å². The van der Waals surface area contributed by atoms with Crippen molar-refractivity contribution in [3.05, 3.63) is 22.8 Å². The molecule has 0 aliphatic carbocycles. The molecule has 1 atom stereocenters. The van der Waals surface area contributed by atoms with Crippen LogP contribution in [-0.4, -0.2) is 68.2 Å². The second kappa shape index (κ2) is 9.65. The molecule has 10 heteroatoms. The third-order valence-electron chi connectivity index (χ3n) is 4.84. The van der Waals surface area contributed by atoms with Crippen LogP contribution in [0.1, 0.15) is 25.8 Å². The Labute approximate surface area is 169 Å². The van der Waals surface area contributed by atoms with Gasteiger partial charge in [0.15, 0.2) is 5.96 Å². The summed E-state index contributed by atoms with van der Waals surface area (Å²) in [7, 11) is 3.78. The van der Waals surface area contributed by atoms with E-state index < -0.39 is 11.7 Å². The van der Waals surface area contributed by atoms with Crippen LogP contribution in [0.4, 0.5) is 19.0 Å². The van der Waals surface area contributed by atoms with E-state index in [4.69, 9.17) is 11.6 Å². The summed E-state index contributed by atoms with van der Waals surface area (Å²) in [5, 5.41) is 6.64. The van der Waals surface area contributed by atoms with Crippen molar-refractivity contribution in [2.45, 2.75) is 38.5 Å². The number of guanidine groups is 1. The van der Waals surface area contributed by atoms with Crippen molar-refractivity contribution >= 4 is 23.4 Å². The lowest BCUT2D eigenvalue weighted by molar-refractivity contribution is -0.137. The van der Waals surface area contributed by atoms with Crippen LogP contribution in [-0.2, 0) is 6.18 Å². The fraction of sp³-hybridized carbons (Fsp3) is 0.667. The SMILES string of the molecule is CN=C(NCCN(C)C(C)C)NC1CCN(c2ncc(C(F)(F)F)cc2Cl)C1. The van der Waals surface area contributed by atoms with Gasteiger partial charge in [-0.15, -0.1) is 0 Å². The molecule has 1 saturated heterocycles. The number of alkyl halides is 3. The van der Waals surface area contributed by atoms with Crippen molar-refractivity contribution in [3.8, 4) is 0 Å². The summed E-state index contributed by atoms with van der Waals surface area (Å²) in [4.78, 5) is 12.3. The van der Waals surface area contributed by atoms with E-state index in [1.807, 2.05) is 4.90 Å². The highest BCUT2D eigenvalue weighted by Gasteiger charge is 2.33. The maximum atomic E-state index is 12.8. The fourth-order valence-corrected chi connectivity index (χ4v) is 3.17. The van der Waals surface area contributed by atoms with Gasteiger partial charge in [0, 0.05) is 51.5 Å². The molecule has 1 aromatic rings. The molecule has 2 rings (SSSR count). The van der Waals surface area contributed by atoms with Crippen LogP contribution in [0, 0.1) is 0 Å². The van der Waals surface area contributed by atoms with E-state index in [0.717, 1.165) is 31.8 Å². The number of rotatable bonds is 6. The Hall–Kier alpha value is -1.74. The first-order valence-electron chi connectivity index (χ1n) is 9.27. The van der Waals surface area contributed by atoms with Gasteiger partial charge < -0.3 is 20.4 Å². The quantitative estimate of drug-likeness (QED) is 0.547. The molecule has 0 radical (unpaired) electrons. The summed E-state index contributed by atoms with van der Waals surface area (Å²) in [6, 6.07) is 1.51. The summed E-state index contributed by atoms with van der Waals surface area (Å²) in [5.74, 6) is 1.08. The lowest BCUT2D eigenvalue weighted by atomic mass is 10.2. The lowest BCUT2D eigenvalue weighted by Crippen LogP contribution is -2.46. The Morgan fingerprint density at radius 2 is 2.18 bits per heavy atom. The number of pyridine rings is 1. The van der Waals surface area contributed by atoms with E-state index in [1.165, 1.54) is 0 Å². The van der Waals surface area contributed by atoms with E-state index in [0.29, 0.717) is 30.9 Å². The molecule has 1 aliphatic heterocycles. The largest absolute Gasteiger partial charge is 0.417 e. The van der Waals surface area contributed by atoms with Gasteiger partial charge in [-0.3, -0.25) is 4.99 Å². The number of nitrogens with zero attached hydrogens (tertiary/aromatic N) is 4. The van der Waals surface area contributed by atoms with Gasteiger partial charge in [0.05, 0.1) is 10.6 Å². The highest BCUT2D eigenvalue weighted by molar-refractivity contribution is 6.33. The predicted molar refractivity (Wildman–Crippen MR) is 107 cm³/mol. The number of likely N-dealkylation sites (N-methyl/N-ethyl adjacent to an activating group) is 1. The van der Waals surface area contributed by atoms with Crippen LogP contribution in [0.25, 0.3) is 0 Å². The minimum atomic E-state index is -4.45. The predicted octanol–water partition coefficient (Wildman–Crippen LogP) is 2.84. The smallest absolute Gasteiger partial charge is 0.355 e. The second-order valence-electron chi connectivity index (χ2n) is 7.18. The Bertz CT molecular complexity index is 680. The summed E-state index contributed by atoms with van der Waals surface area (Å²) in [5.41, 5.74) is -0.842. The third-order valence-corrected chi connectivity index (χ3v) is 5.12. The van der Waals surface area contributed by atoms with Crippen LogP contribution in [0.3, 0.4) is 0 Å². The maximum Gasteiger partial charge on any atom is 0.417 e. The molecule has 1 fully saturated rings. The number of aromatic nitrogens is 1. The number of anilines is 1. The molecule has 0 spiro atoms. The molecule has 0 amide bonds. The van der Waals surface area contributed by atoms with Gasteiger partial charge >= 0.3 is 6.18 Å². The zero-order valence-electron chi connectivity index (χ0n) is 16.6. The van der Waals surface area contributed by atoms with Crippen LogP contribution < -0.4 is 15.5 Å². The Morgan fingerprint density at radius 3 is 2.75 bits per heavy atom. The lowest BCUT2D eigenvalue weighted by Gasteiger charge is -2.23. The number of hydrogen-bond donors (Lipinski definition) is 2. The van der Waals surface area contributed by atoms with Crippen LogP contribution >= 0.6 is 11.6 Å². The van der Waals surface area contributed by atoms with Crippen LogP contribution in [0.2, 0.25) is 5.02 Å². The van der Waals surface area contributed by atoms with Crippen molar-refractivity contribution < 1.29 is 13.2 Å². The number of aliphatic imine (C=N–C) groups is 1. The Balaban J connectivity index is 1.89. The average Bonchev–Trinajstić information content (AvgIpc) is 3.07. The first kappa shape index (κ1) is 22.5. The van der Waals surface area contributed by atoms with Gasteiger partial charge in [-0.1, -0.05) is 11.6 Å². The molecule has 158 valence electrons. The standard InChI is InChI=1S/C18H28ClF3N6/c1-12(2)27(4)8-6-24-17(23-3)26-14-5-7-28(11-14)16-15(19)9-13(10-25-16)18(20,21)22/h9-10,12,14H,5-8,11H2,1-4H3,(H2,23,24,26). The summed E-state index contributed by atoms with van der Waals surface area (Å²) < 4.78 is 38.3. The number of nitrogens with one attached hydrogen (secondary N) is 2. The molecule has 1 unspecified atom stereocenters. The third kappa shape index (κ3) is 6.13. The van der Waals surface area contributed by atoms with Crippen molar-refractivity contribution in [2.75, 3.05) is 45.2 Å². The fourth-order valence-electron chi connectivity index (χ4n) is 2.89. The monoisotopic (exact) mass is 420 g/mol. The first-order valence-corrected chi connectivity index (χ1v) is 9.64. The van der Waals surface area contributed by atoms with Crippen molar-refractivity contribution in [2.24, 2.45) is 4.99 Å². The van der Waals surface area contributed by atoms with Crippen molar-refractivity contribution in [3.63, 3.8) is 0 Å². The molecule has 0 saturated carbocycles. The minimum absolute atomic E-state index is 0.00899. The molecular formula is C18H28ClF3N6. The number of halogens is 4. The molecule has 1 aromatic heterocycles. The number of hydrogen-bond acceptors (Lipinski definition) is 4. The van der Waals surface area contributed by atoms with Crippen LogP contribution in [0.15, 0.2) is 17.3 Å². The highest BCUT2D eigenvalue weighted by atomic mass is 35.5. The normalized spacial score (nSPS) is 18.3. The van der Waals surface area contributed by atoms with Crippen molar-refractivity contribution in [1.29, 1.82) is 0 Å². The first-order chi connectivity index (χ1) is 13.1. The second-order valence-corrected chi connectivity index (χ2v) is 7.58. The molecule has 2 N–H and O–H groups in total. The van der Waals surface area contributed by atoms with E-state index in [2.05, 4.69) is 46.4 Å². The van der Waals surface area contributed by atoms with Gasteiger partial charge in [-0.25, -0.2) is 4.98 Å². The molecule has 28 heavy (non-hydrogen) atoms. The summed E-state index contributed by atoms with van der Waals surface area (Å²) in [6.07, 6.45) is -2.81. The van der Waals surface area contributed by atoms with Gasteiger partial charge in [0.1, 0.15) is 5.82 Å². The van der Waals surface area contributed by atoms with E-state index in [1.54, 1.807) is 7.05 Å². The van der Waals surface area contributed by atoms with E-state index in [-0.39, 0.29) is 11.1 Å². The molecule has 2 heterocycles. The summed E-state index contributed by atoms with van der Waals surface area (Å²) in [6.45, 7) is 7.17. The molecule has 0 bridgehead atoms. The maximum absolute atomic E-state index is 12.8. The molecule has 0 aromatic carbocycles. The average molecular weight is 421 g/mol. The summed E-state index contributed by atoms with van der Waals surface area (Å²) >= 11 is 6.05. The molecule has 1 aliphatic rings. The zero-order chi connectivity index (χ0) is 20.9. The van der Waals surface area contributed by atoms with Gasteiger partial charge in [-0.05, 0) is 33.4 Å². The minimum Gasteiger partial charge on any atom is -0.355 e. The highest BCUT2D eigenvalue weighted by Crippen LogP contribution is 2.34. The van der Waals surface area contributed by atoms with Gasteiger partial charge in [0.25, 0.3) is 0 Å². The molecule has 6 nitrogen and oxygen atoms in total. The van der Waals surface area contributed by atoms with Crippen LogP contribution in [0.5, 0.6) is 0 Å². The zero-order valence-corrected chi connectivity index (χ0v) is 17.4. The Kier molecular flexibility index (Phi) is 7.77. The topological polar surface area (TPSA) is 55.8 Å². The van der Waals surface area contributed by atoms with E-state index in [9.17, 15) is 13.2 Å². The van der Waals surface area contributed by atoms with E-state index >= 15 is 0 Å². The van der Waals surface area contributed by atoms with Gasteiger partial charge in [-0.2, -0.15) is 13.2 Å². The van der Waals surface area contributed by atoms with Crippen molar-refractivity contribution in [1.82, 2.24) is 20.5 Å².